The highest BCUT2D eigenvalue weighted by atomic mass is 32.1. The molecule has 0 bridgehead atoms. The molecule has 1 aliphatic rings. The lowest BCUT2D eigenvalue weighted by atomic mass is 9.94. The Morgan fingerprint density at radius 1 is 0.938 bits per heavy atom. The first-order chi connectivity index (χ1) is 15.6. The van der Waals surface area contributed by atoms with Gasteiger partial charge in [0.2, 0.25) is 5.91 Å². The van der Waals surface area contributed by atoms with Crippen molar-refractivity contribution in [1.82, 2.24) is 9.80 Å². The summed E-state index contributed by atoms with van der Waals surface area (Å²) in [7, 11) is 0. The molecule has 1 aliphatic carbocycles. The third-order valence-electron chi connectivity index (χ3n) is 6.03. The van der Waals surface area contributed by atoms with Gasteiger partial charge in [0.15, 0.2) is 0 Å². The molecule has 2 aromatic heterocycles. The quantitative estimate of drug-likeness (QED) is 0.401. The third kappa shape index (κ3) is 5.87. The fourth-order valence-electron chi connectivity index (χ4n) is 4.34. The maximum Gasteiger partial charge on any atom is 0.264 e. The largest absolute Gasteiger partial charge is 0.332 e. The molecule has 6 heteroatoms. The highest BCUT2D eigenvalue weighted by Gasteiger charge is 2.30. The Morgan fingerprint density at radius 2 is 1.72 bits per heavy atom. The van der Waals surface area contributed by atoms with Crippen molar-refractivity contribution < 1.29 is 9.59 Å². The lowest BCUT2D eigenvalue weighted by Crippen LogP contribution is -2.47. The Bertz CT molecular complexity index is 1010. The zero-order valence-corrected chi connectivity index (χ0v) is 20.2. The lowest BCUT2D eigenvalue weighted by molar-refractivity contribution is -0.133. The van der Waals surface area contributed by atoms with Crippen LogP contribution in [0.25, 0.3) is 0 Å². The van der Waals surface area contributed by atoms with Crippen LogP contribution in [0.1, 0.15) is 57.1 Å². The second kappa shape index (κ2) is 10.9. The number of aryl methyl sites for hydroxylation is 1. The molecule has 2 amide bonds. The van der Waals surface area contributed by atoms with Crippen LogP contribution in [0.2, 0.25) is 0 Å². The fraction of sp³-hybridized carbons (Fsp3) is 0.385. The molecule has 0 spiro atoms. The van der Waals surface area contributed by atoms with E-state index in [4.69, 9.17) is 0 Å². The minimum Gasteiger partial charge on any atom is -0.332 e. The van der Waals surface area contributed by atoms with E-state index in [-0.39, 0.29) is 24.4 Å². The van der Waals surface area contributed by atoms with Gasteiger partial charge in [-0.15, -0.1) is 22.7 Å². The molecule has 168 valence electrons. The molecule has 1 aromatic carbocycles. The van der Waals surface area contributed by atoms with Crippen molar-refractivity contribution >= 4 is 34.5 Å². The van der Waals surface area contributed by atoms with E-state index >= 15 is 0 Å². The van der Waals surface area contributed by atoms with E-state index in [1.165, 1.54) is 27.5 Å². The third-order valence-corrected chi connectivity index (χ3v) is 7.87. The normalized spacial score (nSPS) is 14.3. The molecule has 0 unspecified atom stereocenters. The van der Waals surface area contributed by atoms with Crippen LogP contribution < -0.4 is 0 Å². The Balaban J connectivity index is 1.55. The highest BCUT2D eigenvalue weighted by Crippen LogP contribution is 2.26. The van der Waals surface area contributed by atoms with Gasteiger partial charge < -0.3 is 9.80 Å². The van der Waals surface area contributed by atoms with Crippen LogP contribution in [0, 0.1) is 6.92 Å². The van der Waals surface area contributed by atoms with Crippen molar-refractivity contribution in [3.63, 3.8) is 0 Å². The molecular weight excluding hydrogens is 436 g/mol. The molecule has 0 N–H and O–H groups in total. The zero-order valence-electron chi connectivity index (χ0n) is 18.5. The molecule has 1 saturated carbocycles. The van der Waals surface area contributed by atoms with Gasteiger partial charge >= 0.3 is 0 Å². The second-order valence-corrected chi connectivity index (χ2v) is 10.8. The van der Waals surface area contributed by atoms with Crippen LogP contribution in [0.4, 0.5) is 0 Å². The maximum absolute atomic E-state index is 13.6. The Labute approximate surface area is 198 Å². The van der Waals surface area contributed by atoms with Crippen LogP contribution >= 0.6 is 22.7 Å². The summed E-state index contributed by atoms with van der Waals surface area (Å²) < 4.78 is 0. The molecule has 0 atom stereocenters. The van der Waals surface area contributed by atoms with Gasteiger partial charge in [-0.1, -0.05) is 55.7 Å². The molecular formula is C26H30N2O2S2. The van der Waals surface area contributed by atoms with E-state index in [0.717, 1.165) is 31.2 Å². The average molecular weight is 467 g/mol. The number of benzene rings is 1. The first kappa shape index (κ1) is 22.7. The predicted octanol–water partition coefficient (Wildman–Crippen LogP) is 6.12. The second-order valence-electron chi connectivity index (χ2n) is 8.45. The average Bonchev–Trinajstić information content (AvgIpc) is 3.50. The summed E-state index contributed by atoms with van der Waals surface area (Å²) in [5, 5.41) is 1.93. The van der Waals surface area contributed by atoms with E-state index in [1.807, 2.05) is 45.5 Å². The van der Waals surface area contributed by atoms with Crippen LogP contribution in [-0.4, -0.2) is 34.2 Å². The molecule has 1 fully saturated rings. The van der Waals surface area contributed by atoms with Gasteiger partial charge in [0.1, 0.15) is 6.54 Å². The smallest absolute Gasteiger partial charge is 0.264 e. The zero-order chi connectivity index (χ0) is 22.3. The van der Waals surface area contributed by atoms with Gasteiger partial charge in [-0.2, -0.15) is 0 Å². The summed E-state index contributed by atoms with van der Waals surface area (Å²) in [6.07, 6.45) is 5.41. The maximum atomic E-state index is 13.6. The number of hydrogen-bond acceptors (Lipinski definition) is 4. The van der Waals surface area contributed by atoms with Crippen molar-refractivity contribution in [2.45, 2.75) is 58.2 Å². The number of rotatable bonds is 8. The molecule has 0 radical (unpaired) electrons. The fourth-order valence-corrected chi connectivity index (χ4v) is 5.93. The van der Waals surface area contributed by atoms with Crippen LogP contribution in [0.5, 0.6) is 0 Å². The molecule has 2 heterocycles. The summed E-state index contributed by atoms with van der Waals surface area (Å²) >= 11 is 3.17. The van der Waals surface area contributed by atoms with E-state index in [0.29, 0.717) is 18.0 Å². The number of hydrogen-bond donors (Lipinski definition) is 0. The van der Waals surface area contributed by atoms with Crippen molar-refractivity contribution in [2.75, 3.05) is 6.54 Å². The minimum atomic E-state index is -0.00752. The van der Waals surface area contributed by atoms with Gasteiger partial charge in [0, 0.05) is 22.3 Å². The lowest BCUT2D eigenvalue weighted by Gasteiger charge is -2.35. The highest BCUT2D eigenvalue weighted by molar-refractivity contribution is 7.12. The van der Waals surface area contributed by atoms with Crippen molar-refractivity contribution in [3.05, 3.63) is 80.2 Å². The summed E-state index contributed by atoms with van der Waals surface area (Å²) in [6, 6.07) is 18.2. The van der Waals surface area contributed by atoms with E-state index in [1.54, 1.807) is 11.3 Å². The van der Waals surface area contributed by atoms with Crippen molar-refractivity contribution in [2.24, 2.45) is 0 Å². The van der Waals surface area contributed by atoms with Crippen molar-refractivity contribution in [1.29, 1.82) is 0 Å². The number of carbonyl (C=O) groups is 2. The topological polar surface area (TPSA) is 40.6 Å². The number of thiophene rings is 2. The predicted molar refractivity (Wildman–Crippen MR) is 132 cm³/mol. The summed E-state index contributed by atoms with van der Waals surface area (Å²) in [6.45, 7) is 3.33. The Morgan fingerprint density at radius 3 is 2.38 bits per heavy atom. The molecule has 3 aromatic rings. The minimum absolute atomic E-state index is 0.00752. The van der Waals surface area contributed by atoms with E-state index in [2.05, 4.69) is 31.2 Å². The molecule has 0 saturated heterocycles. The molecule has 32 heavy (non-hydrogen) atoms. The Kier molecular flexibility index (Phi) is 7.76. The molecule has 4 rings (SSSR count). The molecule has 0 aliphatic heterocycles. The monoisotopic (exact) mass is 466 g/mol. The summed E-state index contributed by atoms with van der Waals surface area (Å²) in [5.41, 5.74) is 1.10. The van der Waals surface area contributed by atoms with Gasteiger partial charge in [-0.3, -0.25) is 9.59 Å². The van der Waals surface area contributed by atoms with E-state index < -0.39 is 0 Å². The van der Waals surface area contributed by atoms with Crippen LogP contribution in [-0.2, 0) is 17.9 Å². The number of amides is 2. The van der Waals surface area contributed by atoms with Crippen molar-refractivity contribution in [3.8, 4) is 0 Å². The van der Waals surface area contributed by atoms with E-state index in [9.17, 15) is 9.59 Å². The standard InChI is InChI=1S/C26H30N2O2S2/c1-20-14-15-23(32-20)18-27(17-21-9-4-2-5-10-21)25(29)19-28(22-11-6-3-7-12-22)26(30)24-13-8-16-31-24/h2,4-5,8-10,13-16,22H,3,6-7,11-12,17-19H2,1H3. The SMILES string of the molecule is Cc1ccc(CN(Cc2ccccc2)C(=O)CN(C(=O)c2cccs2)C2CCCCC2)s1. The summed E-state index contributed by atoms with van der Waals surface area (Å²) in [4.78, 5) is 33.9. The first-order valence-corrected chi connectivity index (χ1v) is 13.0. The van der Waals surface area contributed by atoms with Crippen LogP contribution in [0.3, 0.4) is 0 Å². The number of nitrogens with zero attached hydrogens (tertiary/aromatic N) is 2. The van der Waals surface area contributed by atoms with Gasteiger partial charge in [-0.25, -0.2) is 0 Å². The summed E-state index contributed by atoms with van der Waals surface area (Å²) in [5.74, 6) is 0.00210. The van der Waals surface area contributed by atoms with Crippen LogP contribution in [0.15, 0.2) is 60.0 Å². The molecule has 4 nitrogen and oxygen atoms in total. The number of carbonyl (C=O) groups excluding carboxylic acids is 2. The Hall–Kier alpha value is -2.44. The van der Waals surface area contributed by atoms with Gasteiger partial charge in [0.05, 0.1) is 11.4 Å². The first-order valence-electron chi connectivity index (χ1n) is 11.3. The van der Waals surface area contributed by atoms with Gasteiger partial charge in [0.25, 0.3) is 5.91 Å². The van der Waals surface area contributed by atoms with Gasteiger partial charge in [-0.05, 0) is 48.9 Å².